The summed E-state index contributed by atoms with van der Waals surface area (Å²) in [7, 11) is 1.87. The number of benzene rings is 2. The summed E-state index contributed by atoms with van der Waals surface area (Å²) in [5.74, 6) is 18.4. The number of rotatable bonds is 5. The van der Waals surface area contributed by atoms with E-state index in [1.54, 1.807) is 11.1 Å². The van der Waals surface area contributed by atoms with E-state index in [9.17, 15) is 5.11 Å². The zero-order valence-electron chi connectivity index (χ0n) is 42.4. The quantitative estimate of drug-likeness (QED) is 0.239. The Balaban J connectivity index is 0.000000172. The smallest absolute Gasteiger partial charge is 0.369 e. The topological polar surface area (TPSA) is 29.5 Å². The molecule has 2 nitrogen and oxygen atoms in total. The third-order valence-electron chi connectivity index (χ3n) is 19.3. The van der Waals surface area contributed by atoms with Crippen LogP contribution in [0.2, 0.25) is 0 Å². The van der Waals surface area contributed by atoms with E-state index in [-0.39, 0.29) is 8.52 Å². The Morgan fingerprint density at radius 1 is 0.439 bits per heavy atom. The molecule has 8 aliphatic rings. The minimum atomic E-state index is 0.194. The summed E-state index contributed by atoms with van der Waals surface area (Å²) in [5.41, 5.74) is 6.13. The Kier molecular flexibility index (Phi) is 19.8. The number of hydrogen-bond donors (Lipinski definition) is 1. The third-order valence-corrected chi connectivity index (χ3v) is 19.3. The second kappa shape index (κ2) is 24.2. The fourth-order valence-corrected chi connectivity index (χ4v) is 18.3. The molecule has 370 valence electrons. The number of aromatic hydroxyl groups is 1. The molecule has 8 saturated carbocycles. The maximum Gasteiger partial charge on any atom is 0.369 e. The van der Waals surface area contributed by atoms with Crippen LogP contribution in [-0.2, 0) is 0 Å². The predicted molar refractivity (Wildman–Crippen MR) is 296 cm³/mol. The van der Waals surface area contributed by atoms with Gasteiger partial charge < -0.3 is 9.84 Å². The van der Waals surface area contributed by atoms with E-state index in [4.69, 9.17) is 27.9 Å². The predicted octanol–water partition coefficient (Wildman–Crippen LogP) is 19.4. The van der Waals surface area contributed by atoms with Gasteiger partial charge in [0.05, 0.1) is 12.4 Å². The molecular formula is C58H88BBr3Cl2O2. The summed E-state index contributed by atoms with van der Waals surface area (Å²) < 4.78 is 6.17. The molecule has 1 N–H and O–H groups in total. The maximum atomic E-state index is 10.8. The molecule has 8 bridgehead atoms. The molecule has 8 heteroatoms. The molecule has 0 spiro atoms. The highest BCUT2D eigenvalue weighted by atomic mass is 79.9. The van der Waals surface area contributed by atoms with Crippen molar-refractivity contribution in [2.24, 2.45) is 94.7 Å². The van der Waals surface area contributed by atoms with Crippen LogP contribution in [0, 0.1) is 94.7 Å². The lowest BCUT2D eigenvalue weighted by molar-refractivity contribution is 0.0824. The van der Waals surface area contributed by atoms with Gasteiger partial charge in [0.1, 0.15) is 11.5 Å². The molecule has 0 radical (unpaired) electrons. The molecule has 0 saturated heterocycles. The van der Waals surface area contributed by atoms with Crippen molar-refractivity contribution in [2.45, 2.75) is 182 Å². The molecule has 66 heavy (non-hydrogen) atoms. The normalized spacial score (nSPS) is 42.2. The largest absolute Gasteiger partial charge is 0.508 e. The van der Waals surface area contributed by atoms with Gasteiger partial charge in [0, 0.05) is 0 Å². The van der Waals surface area contributed by atoms with Crippen molar-refractivity contribution in [3.05, 3.63) is 58.7 Å². The Morgan fingerprint density at radius 2 is 0.682 bits per heavy atom. The first-order valence-corrected chi connectivity index (χ1v) is 30.8. The van der Waals surface area contributed by atoms with Crippen molar-refractivity contribution in [3.63, 3.8) is 0 Å². The number of phenols is 1. The van der Waals surface area contributed by atoms with E-state index >= 15 is 0 Å². The minimum Gasteiger partial charge on any atom is -0.508 e. The standard InChI is InChI=1S/C29H44O.C28H42O.CH2Cl2.BBr3/c1-17-6-21-10-19(3)28(23(8-17)12-21)25-14-26(16-27(15-25)30-5)29-20(4)11-22-7-18(2)9-24(29)13-22;1-16-5-20-9-18(3)27(22(7-16)11-20)24-13-25(15-26(29)14-24)28-19(4)10-21-6-17(2)8-23(28)12-21;2-1-3;2-1(3)4/h14-24,28-29H,6-13H2,1-5H3;13-23,27-29H,5-12H2,1-4H3;1H2;. The molecule has 2 aromatic carbocycles. The molecule has 20 atom stereocenters. The van der Waals surface area contributed by atoms with E-state index in [1.807, 2.05) is 7.11 Å². The fourth-order valence-electron chi connectivity index (χ4n) is 18.3. The number of halogens is 5. The van der Waals surface area contributed by atoms with Crippen molar-refractivity contribution < 1.29 is 9.84 Å². The molecular weight excluding hydrogens is 1050 g/mol. The van der Waals surface area contributed by atoms with Crippen molar-refractivity contribution in [2.75, 3.05) is 12.4 Å². The van der Waals surface area contributed by atoms with Crippen LogP contribution in [0.3, 0.4) is 0 Å². The highest BCUT2D eigenvalue weighted by Gasteiger charge is 2.45. The fraction of sp³-hybridized carbons (Fsp3) is 0.793. The summed E-state index contributed by atoms with van der Waals surface area (Å²) in [6.07, 6.45) is 22.9. The summed E-state index contributed by atoms with van der Waals surface area (Å²) in [4.78, 5) is 0. The second-order valence-corrected chi connectivity index (χ2v) is 32.2. The Bertz CT molecular complexity index is 1710. The number of methoxy groups -OCH3 is 1. The first-order valence-electron chi connectivity index (χ1n) is 27.0. The van der Waals surface area contributed by atoms with Gasteiger partial charge in [-0.1, -0.05) is 67.5 Å². The lowest BCUT2D eigenvalue weighted by atomic mass is 9.57. The molecule has 20 unspecified atom stereocenters. The zero-order chi connectivity index (χ0) is 47.6. The summed E-state index contributed by atoms with van der Waals surface area (Å²) in [6, 6.07) is 14.3. The number of alkyl halides is 2. The van der Waals surface area contributed by atoms with Gasteiger partial charge in [-0.3, -0.25) is 0 Å². The van der Waals surface area contributed by atoms with E-state index in [2.05, 4.69) is 139 Å². The van der Waals surface area contributed by atoms with Crippen LogP contribution in [0.4, 0.5) is 0 Å². The number of hydrogen-bond acceptors (Lipinski definition) is 2. The van der Waals surface area contributed by atoms with E-state index in [1.165, 1.54) is 114 Å². The first-order chi connectivity index (χ1) is 31.4. The van der Waals surface area contributed by atoms with Crippen LogP contribution < -0.4 is 4.74 Å². The average molecular weight is 1140 g/mol. The van der Waals surface area contributed by atoms with Crippen molar-refractivity contribution in [1.82, 2.24) is 0 Å². The maximum absolute atomic E-state index is 10.8. The molecule has 8 fully saturated rings. The van der Waals surface area contributed by atoms with Crippen LogP contribution in [0.1, 0.15) is 204 Å². The molecule has 10 rings (SSSR count). The van der Waals surface area contributed by atoms with Crippen LogP contribution in [-0.4, -0.2) is 20.7 Å². The number of phenolic OH excluding ortho intramolecular Hbond substituents is 1. The van der Waals surface area contributed by atoms with Gasteiger partial charge in [0.25, 0.3) is 0 Å². The van der Waals surface area contributed by atoms with Gasteiger partial charge in [-0.2, -0.15) is 0 Å². The minimum absolute atomic E-state index is 0.194. The molecule has 0 aliphatic heterocycles. The van der Waals surface area contributed by atoms with Gasteiger partial charge in [-0.05, 0) is 268 Å². The van der Waals surface area contributed by atoms with E-state index in [0.717, 1.165) is 112 Å². The monoisotopic (exact) mass is 1130 g/mol. The van der Waals surface area contributed by atoms with Gasteiger partial charge in [0.15, 0.2) is 0 Å². The second-order valence-electron chi connectivity index (χ2n) is 25.0. The van der Waals surface area contributed by atoms with Crippen LogP contribution in [0.15, 0.2) is 36.4 Å². The number of fused-ring (bicyclic) bond motifs is 8. The SMILES string of the molecule is BrB(Br)Br.CC1CC2CC(C)C(c3cc(O)cc(C4C(C)CC5CC(C)CC4C5)c3)C(C1)C2.COc1cc(C2C(C)CC3CC(C)CC2C3)cc(C2C(C)CC3CC(C)CC2C3)c1.ClCCl. The van der Waals surface area contributed by atoms with E-state index in [0.29, 0.717) is 17.6 Å². The highest BCUT2D eigenvalue weighted by molar-refractivity contribution is 9.69. The Hall–Kier alpha value is 0.125. The highest BCUT2D eigenvalue weighted by Crippen LogP contribution is 2.57. The Labute approximate surface area is 439 Å². The molecule has 0 amide bonds. The van der Waals surface area contributed by atoms with Crippen LogP contribution >= 0.6 is 70.5 Å². The average Bonchev–Trinajstić information content (AvgIpc) is 3.19. The van der Waals surface area contributed by atoms with Crippen LogP contribution in [0.25, 0.3) is 0 Å². The van der Waals surface area contributed by atoms with Gasteiger partial charge in [-0.25, -0.2) is 0 Å². The first kappa shape index (κ1) is 53.9. The summed E-state index contributed by atoms with van der Waals surface area (Å²) >= 11 is 18.8. The lowest BCUT2D eigenvalue weighted by Gasteiger charge is -2.48. The van der Waals surface area contributed by atoms with Crippen LogP contribution in [0.5, 0.6) is 11.5 Å². The van der Waals surface area contributed by atoms with Gasteiger partial charge >= 0.3 is 3.18 Å². The number of ether oxygens (including phenoxy) is 1. The molecule has 0 heterocycles. The lowest BCUT2D eigenvalue weighted by Crippen LogP contribution is -2.36. The van der Waals surface area contributed by atoms with Crippen molar-refractivity contribution in [3.8, 4) is 11.5 Å². The van der Waals surface area contributed by atoms with Gasteiger partial charge in [0.2, 0.25) is 0 Å². The zero-order valence-corrected chi connectivity index (χ0v) is 48.6. The molecule has 2 aromatic rings. The Morgan fingerprint density at radius 3 is 0.924 bits per heavy atom. The summed E-state index contributed by atoms with van der Waals surface area (Å²) in [6.45, 7) is 20.0. The van der Waals surface area contributed by atoms with Crippen molar-refractivity contribution >= 4 is 73.7 Å². The van der Waals surface area contributed by atoms with Gasteiger partial charge in [-0.15, -0.1) is 70.5 Å². The third kappa shape index (κ3) is 13.4. The molecule has 0 aromatic heterocycles. The van der Waals surface area contributed by atoms with Crippen molar-refractivity contribution in [1.29, 1.82) is 0 Å². The van der Waals surface area contributed by atoms with E-state index < -0.39 is 0 Å². The summed E-state index contributed by atoms with van der Waals surface area (Å²) in [5, 5.41) is 11.0. The molecule has 8 aliphatic carbocycles.